The summed E-state index contributed by atoms with van der Waals surface area (Å²) in [6, 6.07) is 6.36. The van der Waals surface area contributed by atoms with Gasteiger partial charge in [0.15, 0.2) is 0 Å². The summed E-state index contributed by atoms with van der Waals surface area (Å²) >= 11 is 7.13. The molecule has 0 bridgehead atoms. The number of rotatable bonds is 4. The van der Waals surface area contributed by atoms with Crippen LogP contribution in [0.3, 0.4) is 0 Å². The lowest BCUT2D eigenvalue weighted by Gasteiger charge is -2.29. The lowest BCUT2D eigenvalue weighted by molar-refractivity contribution is -0.120. The first-order valence-electron chi connectivity index (χ1n) is 7.91. The Morgan fingerprint density at radius 3 is 2.70 bits per heavy atom. The Morgan fingerprint density at radius 1 is 1.37 bits per heavy atom. The van der Waals surface area contributed by atoms with Gasteiger partial charge in [0.05, 0.1) is 22.1 Å². The minimum atomic E-state index is -3.86. The highest BCUT2D eigenvalue weighted by atomic mass is 35.5. The van der Waals surface area contributed by atoms with E-state index in [0.29, 0.717) is 35.1 Å². The van der Waals surface area contributed by atoms with Gasteiger partial charge in [-0.15, -0.1) is 11.3 Å². The van der Waals surface area contributed by atoms with Crippen molar-refractivity contribution in [1.82, 2.24) is 5.32 Å². The van der Waals surface area contributed by atoms with Crippen LogP contribution >= 0.6 is 22.9 Å². The van der Waals surface area contributed by atoms with E-state index < -0.39 is 15.9 Å². The second-order valence-electron chi connectivity index (χ2n) is 6.01. The minimum Gasteiger partial charge on any atom is -0.359 e. The Morgan fingerprint density at radius 2 is 2.11 bits per heavy atom. The number of carbonyl (C=O) groups excluding carboxylic acids is 2. The van der Waals surface area contributed by atoms with Gasteiger partial charge in [-0.1, -0.05) is 11.6 Å². The average Bonchev–Trinajstić information content (AvgIpc) is 2.97. The first kappa shape index (κ1) is 19.6. The zero-order valence-electron chi connectivity index (χ0n) is 14.3. The Hall–Kier alpha value is -2.14. The molecule has 1 aromatic carbocycles. The Kier molecular flexibility index (Phi) is 5.43. The molecule has 0 aliphatic carbocycles. The summed E-state index contributed by atoms with van der Waals surface area (Å²) in [6.07, 6.45) is 0. The van der Waals surface area contributed by atoms with Gasteiger partial charge in [0.1, 0.15) is 4.21 Å². The summed E-state index contributed by atoms with van der Waals surface area (Å²) in [5.74, 6) is -0.526. The van der Waals surface area contributed by atoms with Gasteiger partial charge in [0, 0.05) is 18.8 Å². The Labute approximate surface area is 165 Å². The average molecular weight is 429 g/mol. The number of carbonyl (C=O) groups is 2. The molecule has 11 heteroatoms. The number of thiophene rings is 1. The third-order valence-electron chi connectivity index (χ3n) is 3.97. The van der Waals surface area contributed by atoms with Crippen molar-refractivity contribution >= 4 is 56.2 Å². The minimum absolute atomic E-state index is 0.0677. The molecule has 27 heavy (non-hydrogen) atoms. The number of piperazine rings is 1. The smallest absolute Gasteiger partial charge is 0.266 e. The van der Waals surface area contributed by atoms with Crippen LogP contribution in [0.15, 0.2) is 28.5 Å². The molecule has 1 saturated heterocycles. The van der Waals surface area contributed by atoms with Crippen LogP contribution in [0.2, 0.25) is 5.02 Å². The number of halogens is 1. The lowest BCUT2D eigenvalue weighted by atomic mass is 10.2. The van der Waals surface area contributed by atoms with Crippen molar-refractivity contribution in [2.24, 2.45) is 5.14 Å². The highest BCUT2D eigenvalue weighted by Crippen LogP contribution is 2.30. The van der Waals surface area contributed by atoms with Crippen molar-refractivity contribution in [3.8, 4) is 0 Å². The highest BCUT2D eigenvalue weighted by Gasteiger charge is 2.21. The normalized spacial score (nSPS) is 14.8. The molecule has 0 spiro atoms. The van der Waals surface area contributed by atoms with Crippen molar-refractivity contribution in [1.29, 1.82) is 0 Å². The molecule has 144 valence electrons. The van der Waals surface area contributed by atoms with Gasteiger partial charge in [-0.2, -0.15) is 0 Å². The van der Waals surface area contributed by atoms with Crippen LogP contribution in [0.4, 0.5) is 11.4 Å². The maximum atomic E-state index is 12.5. The van der Waals surface area contributed by atoms with E-state index in [4.69, 9.17) is 16.7 Å². The van der Waals surface area contributed by atoms with Crippen molar-refractivity contribution in [3.05, 3.63) is 39.7 Å². The molecule has 2 aromatic rings. The molecular formula is C16H17ClN4O4S2. The molecule has 0 unspecified atom stereocenters. The number of nitrogens with two attached hydrogens (primary N) is 1. The first-order chi connectivity index (χ1) is 12.6. The van der Waals surface area contributed by atoms with E-state index in [9.17, 15) is 18.0 Å². The number of hydrogen-bond acceptors (Lipinski definition) is 6. The Balaban J connectivity index is 1.78. The summed E-state index contributed by atoms with van der Waals surface area (Å²) in [5.41, 5.74) is 1.68. The molecule has 1 aliphatic heterocycles. The van der Waals surface area contributed by atoms with Gasteiger partial charge in [-0.25, -0.2) is 13.6 Å². The number of nitrogens with zero attached hydrogens (tertiary/aromatic N) is 1. The van der Waals surface area contributed by atoms with Gasteiger partial charge in [-0.3, -0.25) is 9.59 Å². The van der Waals surface area contributed by atoms with Gasteiger partial charge in [0.25, 0.3) is 5.91 Å². The second-order valence-corrected chi connectivity index (χ2v) is 9.26. The number of benzene rings is 1. The fourth-order valence-electron chi connectivity index (χ4n) is 2.69. The SMILES string of the molecule is Cc1cc(S(N)(=O)=O)sc1C(=O)Nc1ccc(N2CCNC(=O)C2)c(Cl)c1. The molecule has 1 fully saturated rings. The molecular weight excluding hydrogens is 412 g/mol. The predicted molar refractivity (Wildman–Crippen MR) is 105 cm³/mol. The lowest BCUT2D eigenvalue weighted by Crippen LogP contribution is -2.47. The van der Waals surface area contributed by atoms with Crippen LogP contribution < -0.4 is 20.7 Å². The van der Waals surface area contributed by atoms with Crippen LogP contribution in [-0.4, -0.2) is 39.9 Å². The molecule has 2 amide bonds. The first-order valence-corrected chi connectivity index (χ1v) is 10.6. The molecule has 4 N–H and O–H groups in total. The van der Waals surface area contributed by atoms with Crippen molar-refractivity contribution < 1.29 is 18.0 Å². The summed E-state index contributed by atoms with van der Waals surface area (Å²) < 4.78 is 22.8. The number of hydrogen-bond donors (Lipinski definition) is 3. The third-order valence-corrected chi connectivity index (χ3v) is 6.93. The largest absolute Gasteiger partial charge is 0.359 e. The van der Waals surface area contributed by atoms with E-state index in [0.717, 1.165) is 11.3 Å². The summed E-state index contributed by atoms with van der Waals surface area (Å²) in [5, 5.41) is 10.9. The van der Waals surface area contributed by atoms with E-state index >= 15 is 0 Å². The fourth-order valence-corrected chi connectivity index (χ4v) is 4.85. The fraction of sp³-hybridized carbons (Fsp3) is 0.250. The Bertz CT molecular complexity index is 1020. The van der Waals surface area contributed by atoms with E-state index in [1.165, 1.54) is 6.07 Å². The van der Waals surface area contributed by atoms with Gasteiger partial charge < -0.3 is 15.5 Å². The standard InChI is InChI=1S/C16H17ClN4O4S2/c1-9-6-14(27(18,24)25)26-15(9)16(23)20-10-2-3-12(11(17)7-10)21-5-4-19-13(22)8-21/h2-3,6-7H,4-5,8H2,1H3,(H,19,22)(H,20,23)(H2,18,24,25). The third kappa shape index (κ3) is 4.41. The van der Waals surface area contributed by atoms with E-state index in [1.54, 1.807) is 25.1 Å². The maximum absolute atomic E-state index is 12.5. The zero-order chi connectivity index (χ0) is 19.8. The van der Waals surface area contributed by atoms with E-state index in [-0.39, 0.29) is 21.5 Å². The maximum Gasteiger partial charge on any atom is 0.266 e. The van der Waals surface area contributed by atoms with E-state index in [1.807, 2.05) is 4.90 Å². The number of primary sulfonamides is 1. The van der Waals surface area contributed by atoms with Crippen LogP contribution in [0.25, 0.3) is 0 Å². The van der Waals surface area contributed by atoms with Crippen molar-refractivity contribution in [3.63, 3.8) is 0 Å². The number of amides is 2. The van der Waals surface area contributed by atoms with Crippen LogP contribution in [0.1, 0.15) is 15.2 Å². The molecule has 0 radical (unpaired) electrons. The molecule has 2 heterocycles. The zero-order valence-corrected chi connectivity index (χ0v) is 16.7. The number of aryl methyl sites for hydroxylation is 1. The quantitative estimate of drug-likeness (QED) is 0.682. The topological polar surface area (TPSA) is 122 Å². The van der Waals surface area contributed by atoms with Gasteiger partial charge in [0.2, 0.25) is 15.9 Å². The molecule has 1 aliphatic rings. The van der Waals surface area contributed by atoms with Crippen LogP contribution in [-0.2, 0) is 14.8 Å². The number of anilines is 2. The molecule has 3 rings (SSSR count). The monoisotopic (exact) mass is 428 g/mol. The number of sulfonamides is 1. The van der Waals surface area contributed by atoms with Crippen molar-refractivity contribution in [2.45, 2.75) is 11.1 Å². The predicted octanol–water partition coefficient (Wildman–Crippen LogP) is 1.55. The van der Waals surface area contributed by atoms with Gasteiger partial charge >= 0.3 is 0 Å². The molecule has 1 aromatic heterocycles. The van der Waals surface area contributed by atoms with Crippen LogP contribution in [0.5, 0.6) is 0 Å². The number of nitrogens with one attached hydrogen (secondary N) is 2. The summed E-state index contributed by atoms with van der Waals surface area (Å²) in [6.45, 7) is 3.04. The second kappa shape index (κ2) is 7.47. The summed E-state index contributed by atoms with van der Waals surface area (Å²) in [4.78, 5) is 26.1. The van der Waals surface area contributed by atoms with Gasteiger partial charge in [-0.05, 0) is 36.8 Å². The highest BCUT2D eigenvalue weighted by molar-refractivity contribution is 7.91. The van der Waals surface area contributed by atoms with Crippen molar-refractivity contribution in [2.75, 3.05) is 29.9 Å². The molecule has 8 nitrogen and oxygen atoms in total. The molecule has 0 atom stereocenters. The van der Waals surface area contributed by atoms with E-state index in [2.05, 4.69) is 10.6 Å². The molecule has 0 saturated carbocycles. The summed E-state index contributed by atoms with van der Waals surface area (Å²) in [7, 11) is -3.86. The van der Waals surface area contributed by atoms with Crippen LogP contribution in [0, 0.1) is 6.92 Å².